The van der Waals surface area contributed by atoms with Crippen LogP contribution in [0.5, 0.6) is 0 Å². The molecule has 2 atom stereocenters. The van der Waals surface area contributed by atoms with Gasteiger partial charge in [-0.3, -0.25) is 14.9 Å². The Labute approximate surface area is 133 Å². The van der Waals surface area contributed by atoms with Crippen molar-refractivity contribution in [3.63, 3.8) is 0 Å². The lowest BCUT2D eigenvalue weighted by Gasteiger charge is -2.18. The third-order valence-electron chi connectivity index (χ3n) is 3.64. The number of amides is 1. The molecule has 0 spiro atoms. The Balaban J connectivity index is 0.00000220. The Morgan fingerprint density at radius 1 is 1.57 bits per heavy atom. The third kappa shape index (κ3) is 3.84. The first-order valence-electron chi connectivity index (χ1n) is 6.39. The van der Waals surface area contributed by atoms with Gasteiger partial charge in [0.1, 0.15) is 5.56 Å². The molecule has 8 heteroatoms. The van der Waals surface area contributed by atoms with Gasteiger partial charge < -0.3 is 10.6 Å². The van der Waals surface area contributed by atoms with Crippen molar-refractivity contribution in [2.75, 3.05) is 13.1 Å². The topological polar surface area (TPSA) is 89.5 Å². The minimum atomic E-state index is -0.585. The number of nitro groups is 1. The van der Waals surface area contributed by atoms with Gasteiger partial charge in [0.05, 0.1) is 4.92 Å². The Morgan fingerprint density at radius 3 is 2.76 bits per heavy atom. The van der Waals surface area contributed by atoms with Crippen LogP contribution in [0, 0.1) is 16.0 Å². The second-order valence-electron chi connectivity index (χ2n) is 5.08. The van der Waals surface area contributed by atoms with Crippen molar-refractivity contribution in [2.45, 2.75) is 19.4 Å². The largest absolute Gasteiger partial charge is 0.338 e. The third-order valence-corrected chi connectivity index (χ3v) is 3.88. The van der Waals surface area contributed by atoms with E-state index in [9.17, 15) is 14.9 Å². The number of nitrogens with zero attached hydrogens (tertiary/aromatic N) is 2. The van der Waals surface area contributed by atoms with Crippen LogP contribution in [-0.4, -0.2) is 34.9 Å². The molecule has 1 aliphatic rings. The number of hydrogen-bond donors (Lipinski definition) is 1. The van der Waals surface area contributed by atoms with E-state index in [2.05, 4.69) is 0 Å². The van der Waals surface area contributed by atoms with Gasteiger partial charge in [-0.15, -0.1) is 12.4 Å². The molecule has 1 aliphatic heterocycles. The van der Waals surface area contributed by atoms with Gasteiger partial charge in [0.25, 0.3) is 11.6 Å². The summed E-state index contributed by atoms with van der Waals surface area (Å²) >= 11 is 5.74. The SMILES string of the molecule is CC(N)C1CCN(C(=O)c2ccc(Cl)cc2[N+](=O)[O-])C1.Cl. The summed E-state index contributed by atoms with van der Waals surface area (Å²) in [5.41, 5.74) is 5.65. The van der Waals surface area contributed by atoms with E-state index < -0.39 is 4.92 Å². The molecule has 1 saturated heterocycles. The van der Waals surface area contributed by atoms with Crippen molar-refractivity contribution in [3.05, 3.63) is 38.9 Å². The summed E-state index contributed by atoms with van der Waals surface area (Å²) < 4.78 is 0. The summed E-state index contributed by atoms with van der Waals surface area (Å²) in [4.78, 5) is 24.4. The van der Waals surface area contributed by atoms with Crippen molar-refractivity contribution >= 4 is 35.6 Å². The average molecular weight is 334 g/mol. The zero-order chi connectivity index (χ0) is 14.9. The van der Waals surface area contributed by atoms with Crippen LogP contribution < -0.4 is 5.73 Å². The second-order valence-corrected chi connectivity index (χ2v) is 5.51. The lowest BCUT2D eigenvalue weighted by molar-refractivity contribution is -0.385. The van der Waals surface area contributed by atoms with E-state index in [1.54, 1.807) is 4.90 Å². The first-order chi connectivity index (χ1) is 9.40. The van der Waals surface area contributed by atoms with Gasteiger partial charge in [-0.25, -0.2) is 0 Å². The minimum Gasteiger partial charge on any atom is -0.338 e. The second kappa shape index (κ2) is 7.06. The number of carbonyl (C=O) groups is 1. The highest BCUT2D eigenvalue weighted by molar-refractivity contribution is 6.31. The molecule has 0 bridgehead atoms. The number of nitrogens with two attached hydrogens (primary N) is 1. The summed E-state index contributed by atoms with van der Waals surface area (Å²) in [6.07, 6.45) is 0.824. The normalized spacial score (nSPS) is 19.0. The summed E-state index contributed by atoms with van der Waals surface area (Å²) in [5.74, 6) is -0.0955. The fourth-order valence-corrected chi connectivity index (χ4v) is 2.57. The molecule has 1 amide bonds. The van der Waals surface area contributed by atoms with Crippen molar-refractivity contribution < 1.29 is 9.72 Å². The fourth-order valence-electron chi connectivity index (χ4n) is 2.41. The lowest BCUT2D eigenvalue weighted by atomic mass is 10.0. The van der Waals surface area contributed by atoms with E-state index in [0.717, 1.165) is 6.42 Å². The predicted molar refractivity (Wildman–Crippen MR) is 83.0 cm³/mol. The lowest BCUT2D eigenvalue weighted by Crippen LogP contribution is -2.33. The van der Waals surface area contributed by atoms with E-state index in [1.807, 2.05) is 6.92 Å². The summed E-state index contributed by atoms with van der Waals surface area (Å²) in [5, 5.41) is 11.3. The highest BCUT2D eigenvalue weighted by Gasteiger charge is 2.32. The van der Waals surface area contributed by atoms with E-state index in [4.69, 9.17) is 17.3 Å². The Hall–Kier alpha value is -1.37. The maximum atomic E-state index is 12.4. The van der Waals surface area contributed by atoms with Crippen LogP contribution in [0.2, 0.25) is 5.02 Å². The van der Waals surface area contributed by atoms with Crippen LogP contribution in [0.1, 0.15) is 23.7 Å². The van der Waals surface area contributed by atoms with Crippen molar-refractivity contribution in [1.82, 2.24) is 4.90 Å². The number of carbonyl (C=O) groups excluding carboxylic acids is 1. The van der Waals surface area contributed by atoms with Crippen LogP contribution in [0.25, 0.3) is 0 Å². The molecule has 0 radical (unpaired) electrons. The first-order valence-corrected chi connectivity index (χ1v) is 6.76. The van der Waals surface area contributed by atoms with Crippen LogP contribution in [0.3, 0.4) is 0 Å². The van der Waals surface area contributed by atoms with Crippen LogP contribution in [0.15, 0.2) is 18.2 Å². The molecule has 1 aromatic carbocycles. The van der Waals surface area contributed by atoms with Crippen molar-refractivity contribution in [2.24, 2.45) is 11.7 Å². The fraction of sp³-hybridized carbons (Fsp3) is 0.462. The summed E-state index contributed by atoms with van der Waals surface area (Å²) in [6, 6.07) is 4.10. The van der Waals surface area contributed by atoms with Gasteiger partial charge >= 0.3 is 0 Å². The molecule has 116 valence electrons. The smallest absolute Gasteiger partial charge is 0.283 e. The Morgan fingerprint density at radius 2 is 2.24 bits per heavy atom. The molecular formula is C13H17Cl2N3O3. The number of halogens is 2. The molecule has 1 heterocycles. The molecule has 2 unspecified atom stereocenters. The molecule has 0 aliphatic carbocycles. The quantitative estimate of drug-likeness (QED) is 0.679. The first kappa shape index (κ1) is 17.7. The van der Waals surface area contributed by atoms with Gasteiger partial charge in [-0.2, -0.15) is 0 Å². The molecular weight excluding hydrogens is 317 g/mol. The molecule has 1 aromatic rings. The molecule has 2 N–H and O–H groups in total. The van der Waals surface area contributed by atoms with Crippen LogP contribution in [0.4, 0.5) is 5.69 Å². The number of nitro benzene ring substituents is 1. The van der Waals surface area contributed by atoms with Gasteiger partial charge in [-0.1, -0.05) is 11.6 Å². The molecule has 0 aromatic heterocycles. The van der Waals surface area contributed by atoms with Gasteiger partial charge in [-0.05, 0) is 31.4 Å². The molecule has 2 rings (SSSR count). The summed E-state index contributed by atoms with van der Waals surface area (Å²) in [6.45, 7) is 3.02. The minimum absolute atomic E-state index is 0. The predicted octanol–water partition coefficient (Wildman–Crippen LogP) is 2.48. The van der Waals surface area contributed by atoms with Crippen molar-refractivity contribution in [1.29, 1.82) is 0 Å². The monoisotopic (exact) mass is 333 g/mol. The van der Waals surface area contributed by atoms with Gasteiger partial charge in [0, 0.05) is 30.2 Å². The maximum absolute atomic E-state index is 12.4. The van der Waals surface area contributed by atoms with Gasteiger partial charge in [0.15, 0.2) is 0 Å². The van der Waals surface area contributed by atoms with Crippen molar-refractivity contribution in [3.8, 4) is 0 Å². The van der Waals surface area contributed by atoms with E-state index >= 15 is 0 Å². The van der Waals surface area contributed by atoms with Gasteiger partial charge in [0.2, 0.25) is 0 Å². The maximum Gasteiger partial charge on any atom is 0.283 e. The van der Waals surface area contributed by atoms with E-state index in [0.29, 0.717) is 13.1 Å². The molecule has 6 nitrogen and oxygen atoms in total. The summed E-state index contributed by atoms with van der Waals surface area (Å²) in [7, 11) is 0. The number of likely N-dealkylation sites (tertiary alicyclic amines) is 1. The van der Waals surface area contributed by atoms with Crippen LogP contribution >= 0.6 is 24.0 Å². The molecule has 0 saturated carbocycles. The van der Waals surface area contributed by atoms with E-state index in [1.165, 1.54) is 18.2 Å². The number of rotatable bonds is 3. The highest BCUT2D eigenvalue weighted by atomic mass is 35.5. The highest BCUT2D eigenvalue weighted by Crippen LogP contribution is 2.27. The molecule has 1 fully saturated rings. The van der Waals surface area contributed by atoms with Crippen LogP contribution in [-0.2, 0) is 0 Å². The number of hydrogen-bond acceptors (Lipinski definition) is 4. The zero-order valence-electron chi connectivity index (χ0n) is 11.5. The zero-order valence-corrected chi connectivity index (χ0v) is 13.1. The Bertz CT molecular complexity index is 551. The molecule has 21 heavy (non-hydrogen) atoms. The number of benzene rings is 1. The van der Waals surface area contributed by atoms with E-state index in [-0.39, 0.29) is 46.5 Å². The Kier molecular flexibility index (Phi) is 5.95. The average Bonchev–Trinajstić information content (AvgIpc) is 2.87. The standard InChI is InChI=1S/C13H16ClN3O3.ClH/c1-8(15)9-4-5-16(7-9)13(18)11-3-2-10(14)6-12(11)17(19)20;/h2-3,6,8-9H,4-5,7,15H2,1H3;1H.